The van der Waals surface area contributed by atoms with Gasteiger partial charge in [-0.3, -0.25) is 0 Å². The van der Waals surface area contributed by atoms with E-state index in [1.807, 2.05) is 0 Å². The van der Waals surface area contributed by atoms with Crippen molar-refractivity contribution in [1.82, 2.24) is 0 Å². The Bertz CT molecular complexity index is 1520. The molecule has 0 saturated heterocycles. The van der Waals surface area contributed by atoms with Crippen LogP contribution in [-0.4, -0.2) is 66.8 Å². The summed E-state index contributed by atoms with van der Waals surface area (Å²) in [5.41, 5.74) is 0.294. The molecule has 0 heterocycles. The van der Waals surface area contributed by atoms with Crippen LogP contribution >= 0.6 is 0 Å². The molecule has 0 radical (unpaired) electrons. The van der Waals surface area contributed by atoms with Gasteiger partial charge in [-0.15, -0.1) is 0 Å². The van der Waals surface area contributed by atoms with Crippen molar-refractivity contribution in [3.63, 3.8) is 0 Å². The zero-order valence-electron chi connectivity index (χ0n) is 25.7. The van der Waals surface area contributed by atoms with Crippen molar-refractivity contribution in [3.05, 3.63) is 65.2 Å². The molecule has 286 valence electrons. The van der Waals surface area contributed by atoms with E-state index in [2.05, 4.69) is 23.5 Å². The second-order valence-electron chi connectivity index (χ2n) is 10.8. The highest BCUT2D eigenvalue weighted by atomic mass is 19.4. The van der Waals surface area contributed by atoms with E-state index in [-0.39, 0.29) is 5.56 Å². The quantitative estimate of drug-likeness (QED) is 0.0739. The SMILES string of the molecule is CCCCCCOc1ccc(C#Cc2ccc(C(=O)OCCC(F)(F)C(F)(F)C(F)(F)C(F)(F)C(F)(F)C(F)(F)C(F)(F)C(F)(F)F)cc2)cc1. The van der Waals surface area contributed by atoms with Crippen molar-refractivity contribution in [2.45, 2.75) is 86.7 Å². The molecule has 2 aromatic carbocycles. The Hall–Kier alpha value is -3.92. The van der Waals surface area contributed by atoms with E-state index in [1.54, 1.807) is 24.3 Å². The van der Waals surface area contributed by atoms with Gasteiger partial charge in [0.2, 0.25) is 0 Å². The van der Waals surface area contributed by atoms with Gasteiger partial charge in [-0.2, -0.15) is 74.6 Å². The first-order valence-electron chi connectivity index (χ1n) is 14.4. The smallest absolute Gasteiger partial charge is 0.460 e. The van der Waals surface area contributed by atoms with Gasteiger partial charge in [0.15, 0.2) is 0 Å². The third-order valence-corrected chi connectivity index (χ3v) is 7.03. The molecule has 0 fully saturated rings. The molecule has 0 aliphatic rings. The number of hydrogen-bond acceptors (Lipinski definition) is 3. The van der Waals surface area contributed by atoms with Gasteiger partial charge in [0.1, 0.15) is 5.75 Å². The number of unbranched alkanes of at least 4 members (excludes halogenated alkanes) is 3. The van der Waals surface area contributed by atoms with Crippen molar-refractivity contribution >= 4 is 5.97 Å². The Morgan fingerprint density at radius 2 is 0.980 bits per heavy atom. The van der Waals surface area contributed by atoms with Crippen LogP contribution in [0, 0.1) is 11.8 Å². The monoisotopic (exact) mass is 768 g/mol. The zero-order chi connectivity index (χ0) is 39.3. The minimum Gasteiger partial charge on any atom is -0.494 e. The topological polar surface area (TPSA) is 35.5 Å². The predicted molar refractivity (Wildman–Crippen MR) is 144 cm³/mol. The fourth-order valence-electron chi connectivity index (χ4n) is 3.90. The van der Waals surface area contributed by atoms with Crippen molar-refractivity contribution in [1.29, 1.82) is 0 Å². The highest BCUT2D eigenvalue weighted by Crippen LogP contribution is 2.64. The number of carbonyl (C=O) groups is 1. The van der Waals surface area contributed by atoms with E-state index in [4.69, 9.17) is 4.74 Å². The van der Waals surface area contributed by atoms with Crippen LogP contribution in [0.4, 0.5) is 74.6 Å². The molecule has 0 bridgehead atoms. The summed E-state index contributed by atoms with van der Waals surface area (Å²) in [7, 11) is 0. The summed E-state index contributed by atoms with van der Waals surface area (Å²) >= 11 is 0. The number of esters is 1. The molecule has 20 heteroatoms. The first-order chi connectivity index (χ1) is 23.1. The molecule has 0 aliphatic carbocycles. The van der Waals surface area contributed by atoms with E-state index < -0.39 is 72.2 Å². The molecule has 0 aromatic heterocycles. The number of alkyl halides is 17. The number of ether oxygens (including phenoxy) is 2. The molecule has 51 heavy (non-hydrogen) atoms. The van der Waals surface area contributed by atoms with Crippen LogP contribution in [0.2, 0.25) is 0 Å². The minimum atomic E-state index is -8.71. The van der Waals surface area contributed by atoms with Gasteiger partial charge in [-0.25, -0.2) is 4.79 Å². The van der Waals surface area contributed by atoms with Gasteiger partial charge in [0.05, 0.1) is 25.2 Å². The number of halogens is 17. The van der Waals surface area contributed by atoms with Crippen molar-refractivity contribution in [2.75, 3.05) is 13.2 Å². The molecule has 0 atom stereocenters. The molecule has 0 N–H and O–H groups in total. The Kier molecular flexibility index (Phi) is 13.0. The maximum Gasteiger partial charge on any atom is 0.460 e. The first kappa shape index (κ1) is 43.2. The molecular formula is C31H25F17O3. The third kappa shape index (κ3) is 8.59. The minimum absolute atomic E-state index is 0.257. The van der Waals surface area contributed by atoms with Crippen LogP contribution in [-0.2, 0) is 4.74 Å². The summed E-state index contributed by atoms with van der Waals surface area (Å²) in [6.45, 7) is 0.553. The second kappa shape index (κ2) is 15.4. The molecule has 2 aromatic rings. The van der Waals surface area contributed by atoms with Crippen LogP contribution in [0.3, 0.4) is 0 Å². The van der Waals surface area contributed by atoms with Crippen LogP contribution < -0.4 is 4.74 Å². The molecule has 0 saturated carbocycles. The zero-order valence-corrected chi connectivity index (χ0v) is 25.7. The van der Waals surface area contributed by atoms with E-state index in [0.717, 1.165) is 37.8 Å². The number of carbonyl (C=O) groups excluding carboxylic acids is 1. The lowest BCUT2D eigenvalue weighted by Gasteiger charge is -2.42. The van der Waals surface area contributed by atoms with Crippen molar-refractivity contribution in [3.8, 4) is 17.6 Å². The highest BCUT2D eigenvalue weighted by Gasteiger charge is 2.95. The lowest BCUT2D eigenvalue weighted by molar-refractivity contribution is -0.461. The summed E-state index contributed by atoms with van der Waals surface area (Å²) in [4.78, 5) is 12.1. The van der Waals surface area contributed by atoms with Gasteiger partial charge in [-0.1, -0.05) is 38.0 Å². The fourth-order valence-corrected chi connectivity index (χ4v) is 3.90. The predicted octanol–water partition coefficient (Wildman–Crippen LogP) is 10.6. The molecule has 0 unspecified atom stereocenters. The first-order valence-corrected chi connectivity index (χ1v) is 14.4. The second-order valence-corrected chi connectivity index (χ2v) is 10.8. The maximum atomic E-state index is 14.0. The Balaban J connectivity index is 2.09. The van der Waals surface area contributed by atoms with Gasteiger partial charge >= 0.3 is 53.6 Å². The van der Waals surface area contributed by atoms with E-state index in [1.165, 1.54) is 12.1 Å². The fraction of sp³-hybridized carbons (Fsp3) is 0.516. The van der Waals surface area contributed by atoms with Gasteiger partial charge < -0.3 is 9.47 Å². The summed E-state index contributed by atoms with van der Waals surface area (Å²) in [5, 5.41) is 0. The van der Waals surface area contributed by atoms with Crippen LogP contribution in [0.25, 0.3) is 0 Å². The Morgan fingerprint density at radius 3 is 1.43 bits per heavy atom. The molecule has 3 nitrogen and oxygen atoms in total. The Labute approximate surface area is 278 Å². The van der Waals surface area contributed by atoms with Crippen LogP contribution in [0.5, 0.6) is 5.75 Å². The normalized spacial score (nSPS) is 13.8. The average molecular weight is 769 g/mol. The van der Waals surface area contributed by atoms with E-state index in [9.17, 15) is 79.4 Å². The van der Waals surface area contributed by atoms with Crippen molar-refractivity contribution < 1.29 is 88.9 Å². The molecule has 0 aliphatic heterocycles. The molecule has 0 spiro atoms. The van der Waals surface area contributed by atoms with Gasteiger partial charge in [0.25, 0.3) is 0 Å². The summed E-state index contributed by atoms with van der Waals surface area (Å²) in [5.74, 6) is -52.6. The largest absolute Gasteiger partial charge is 0.494 e. The van der Waals surface area contributed by atoms with Crippen LogP contribution in [0.15, 0.2) is 48.5 Å². The van der Waals surface area contributed by atoms with Gasteiger partial charge in [0, 0.05) is 11.1 Å². The number of rotatable bonds is 16. The van der Waals surface area contributed by atoms with E-state index in [0.29, 0.717) is 17.9 Å². The molecule has 2 rings (SSSR count). The average Bonchev–Trinajstić information content (AvgIpc) is 3.03. The third-order valence-electron chi connectivity index (χ3n) is 7.03. The summed E-state index contributed by atoms with van der Waals surface area (Å²) in [6, 6.07) is 10.9. The highest BCUT2D eigenvalue weighted by molar-refractivity contribution is 5.89. The summed E-state index contributed by atoms with van der Waals surface area (Å²) < 4.78 is 237. The van der Waals surface area contributed by atoms with Gasteiger partial charge in [-0.05, 0) is 55.0 Å². The molecular weight excluding hydrogens is 743 g/mol. The van der Waals surface area contributed by atoms with Crippen molar-refractivity contribution in [2.24, 2.45) is 0 Å². The maximum absolute atomic E-state index is 14.0. The number of benzene rings is 2. The number of hydrogen-bond donors (Lipinski definition) is 0. The summed E-state index contributed by atoms with van der Waals surface area (Å²) in [6.07, 6.45) is -6.66. The Morgan fingerprint density at radius 1 is 0.549 bits per heavy atom. The molecule has 0 amide bonds. The lowest BCUT2D eigenvalue weighted by Crippen LogP contribution is -2.74. The van der Waals surface area contributed by atoms with Crippen LogP contribution in [0.1, 0.15) is 60.5 Å². The van der Waals surface area contributed by atoms with E-state index >= 15 is 0 Å². The standard InChI is InChI=1S/C31H25F17O3/c1-2-3-4-5-17-50-22-14-10-20(11-15-22)7-6-19-8-12-21(13-9-19)23(49)51-18-16-24(32,33)25(34,35)26(36,37)27(38,39)28(40,41)29(42,43)30(44,45)31(46,47)48/h8-15H,2-5,16-18H2,1H3. The lowest BCUT2D eigenvalue weighted by atomic mass is 9.88.